The van der Waals surface area contributed by atoms with Gasteiger partial charge in [-0.3, -0.25) is 4.57 Å². The Kier molecular flexibility index (Phi) is 6.86. The molecule has 5 heteroatoms. The first-order chi connectivity index (χ1) is 25.6. The zero-order valence-corrected chi connectivity index (χ0v) is 28.8. The molecule has 3 heterocycles. The molecule has 0 atom stereocenters. The van der Waals surface area contributed by atoms with Crippen molar-refractivity contribution < 1.29 is 0 Å². The van der Waals surface area contributed by atoms with E-state index in [1.807, 2.05) is 24.3 Å². The molecule has 0 N–H and O–H groups in total. The van der Waals surface area contributed by atoms with Crippen LogP contribution in [-0.4, -0.2) is 24.1 Å². The minimum Gasteiger partial charge on any atom is -0.309 e. The largest absolute Gasteiger partial charge is 0.309 e. The molecule has 3 aromatic heterocycles. The molecular formula is C47H33N5. The molecule has 5 nitrogen and oxygen atoms in total. The highest BCUT2D eigenvalue weighted by Gasteiger charge is 2.20. The summed E-state index contributed by atoms with van der Waals surface area (Å²) in [5, 5.41) is 4.77. The van der Waals surface area contributed by atoms with Gasteiger partial charge in [0.2, 0.25) is 5.95 Å². The van der Waals surface area contributed by atoms with E-state index in [-0.39, 0.29) is 0 Å². The maximum atomic E-state index is 5.17. The molecule has 0 saturated carbocycles. The van der Waals surface area contributed by atoms with Gasteiger partial charge in [-0.1, -0.05) is 115 Å². The average Bonchev–Trinajstić information content (AvgIpc) is 3.71. The van der Waals surface area contributed by atoms with Crippen molar-refractivity contribution in [2.75, 3.05) is 0 Å². The molecule has 10 rings (SSSR count). The second kappa shape index (κ2) is 11.9. The van der Waals surface area contributed by atoms with Crippen molar-refractivity contribution in [2.45, 2.75) is 13.8 Å². The maximum Gasteiger partial charge on any atom is 0.238 e. The Morgan fingerprint density at radius 3 is 1.37 bits per heavy atom. The summed E-state index contributed by atoms with van der Waals surface area (Å²) < 4.78 is 4.55. The molecule has 52 heavy (non-hydrogen) atoms. The van der Waals surface area contributed by atoms with Crippen molar-refractivity contribution >= 4 is 43.6 Å². The van der Waals surface area contributed by atoms with Gasteiger partial charge in [0.25, 0.3) is 0 Å². The van der Waals surface area contributed by atoms with Crippen molar-refractivity contribution in [2.24, 2.45) is 0 Å². The topological polar surface area (TPSA) is 48.5 Å². The van der Waals surface area contributed by atoms with Gasteiger partial charge in [0.15, 0.2) is 11.6 Å². The first kappa shape index (κ1) is 30.0. The quantitative estimate of drug-likeness (QED) is 0.184. The molecule has 0 aliphatic rings. The Morgan fingerprint density at radius 2 is 0.808 bits per heavy atom. The molecule has 0 saturated heterocycles. The Bertz CT molecular complexity index is 2920. The second-order valence-corrected chi connectivity index (χ2v) is 13.4. The smallest absolute Gasteiger partial charge is 0.238 e. The van der Waals surface area contributed by atoms with Crippen molar-refractivity contribution in [3.8, 4) is 45.5 Å². The van der Waals surface area contributed by atoms with E-state index in [2.05, 4.69) is 163 Å². The Balaban J connectivity index is 1.18. The van der Waals surface area contributed by atoms with Gasteiger partial charge in [-0.15, -0.1) is 0 Å². The summed E-state index contributed by atoms with van der Waals surface area (Å²) in [7, 11) is 0. The molecular weight excluding hydrogens is 635 g/mol. The number of hydrogen-bond acceptors (Lipinski definition) is 3. The lowest BCUT2D eigenvalue weighted by molar-refractivity contribution is 0.951. The first-order valence-corrected chi connectivity index (χ1v) is 17.6. The fourth-order valence-corrected chi connectivity index (χ4v) is 7.73. The zero-order valence-electron chi connectivity index (χ0n) is 28.8. The molecule has 0 aliphatic heterocycles. The average molecular weight is 668 g/mol. The molecule has 0 spiro atoms. The minimum absolute atomic E-state index is 0.598. The van der Waals surface area contributed by atoms with E-state index in [0.29, 0.717) is 17.6 Å². The zero-order chi connectivity index (χ0) is 34.8. The van der Waals surface area contributed by atoms with Crippen LogP contribution >= 0.6 is 0 Å². The lowest BCUT2D eigenvalue weighted by Crippen LogP contribution is -2.07. The molecule has 0 bridgehead atoms. The Hall–Kier alpha value is -6.85. The number of aromatic nitrogens is 5. The normalized spacial score (nSPS) is 11.7. The van der Waals surface area contributed by atoms with Gasteiger partial charge in [-0.25, -0.2) is 4.98 Å². The molecule has 7 aromatic carbocycles. The van der Waals surface area contributed by atoms with Crippen LogP contribution in [0, 0.1) is 13.8 Å². The van der Waals surface area contributed by atoms with E-state index < -0.39 is 0 Å². The highest BCUT2D eigenvalue weighted by molar-refractivity contribution is 6.12. The lowest BCUT2D eigenvalue weighted by Gasteiger charge is -2.13. The number of hydrogen-bond donors (Lipinski definition) is 0. The highest BCUT2D eigenvalue weighted by atomic mass is 15.2. The van der Waals surface area contributed by atoms with Crippen LogP contribution in [0.15, 0.2) is 164 Å². The van der Waals surface area contributed by atoms with E-state index >= 15 is 0 Å². The first-order valence-electron chi connectivity index (χ1n) is 17.6. The molecule has 0 unspecified atom stereocenters. The number of fused-ring (bicyclic) bond motifs is 6. The molecule has 0 fully saturated rings. The highest BCUT2D eigenvalue weighted by Crippen LogP contribution is 2.38. The second-order valence-electron chi connectivity index (χ2n) is 13.4. The Morgan fingerprint density at radius 1 is 0.365 bits per heavy atom. The molecule has 0 amide bonds. The fraction of sp³-hybridized carbons (Fsp3) is 0.0426. The third kappa shape index (κ3) is 4.74. The number of nitrogens with zero attached hydrogens (tertiary/aromatic N) is 5. The van der Waals surface area contributed by atoms with Gasteiger partial charge in [-0.2, -0.15) is 9.97 Å². The lowest BCUT2D eigenvalue weighted by atomic mass is 10.0. The maximum absolute atomic E-state index is 5.17. The molecule has 0 radical (unpaired) electrons. The van der Waals surface area contributed by atoms with Crippen LogP contribution in [0.2, 0.25) is 0 Å². The van der Waals surface area contributed by atoms with Gasteiger partial charge in [0, 0.05) is 38.4 Å². The van der Waals surface area contributed by atoms with Gasteiger partial charge >= 0.3 is 0 Å². The fourth-order valence-electron chi connectivity index (χ4n) is 7.73. The van der Waals surface area contributed by atoms with Crippen LogP contribution in [0.3, 0.4) is 0 Å². The number of para-hydroxylation sites is 3. The summed E-state index contributed by atoms with van der Waals surface area (Å²) in [4.78, 5) is 15.4. The van der Waals surface area contributed by atoms with Crippen molar-refractivity contribution in [3.05, 3.63) is 175 Å². The van der Waals surface area contributed by atoms with Crippen LogP contribution < -0.4 is 0 Å². The third-order valence-corrected chi connectivity index (χ3v) is 10.3. The monoisotopic (exact) mass is 667 g/mol. The van der Waals surface area contributed by atoms with Crippen LogP contribution in [0.1, 0.15) is 11.1 Å². The summed E-state index contributed by atoms with van der Waals surface area (Å²) >= 11 is 0. The number of aryl methyl sites for hydroxylation is 2. The summed E-state index contributed by atoms with van der Waals surface area (Å²) in [5.74, 6) is 1.92. The molecule has 10 aromatic rings. The van der Waals surface area contributed by atoms with E-state index in [0.717, 1.165) is 55.3 Å². The molecule has 0 aliphatic carbocycles. The van der Waals surface area contributed by atoms with Crippen LogP contribution in [0.4, 0.5) is 0 Å². The summed E-state index contributed by atoms with van der Waals surface area (Å²) in [6.07, 6.45) is 0. The van der Waals surface area contributed by atoms with Crippen LogP contribution in [0.5, 0.6) is 0 Å². The standard InChI is InChI=1S/C47H33N5/c1-30-14-6-8-18-35(30)45-48-46(36-19-9-7-15-31(36)2)50-47(49-45)52-42-23-13-11-21-38(42)40-29-33(25-27-44(40)52)32-24-26-43-39(28-32)37-20-10-12-22-41(37)51(43)34-16-4-3-5-17-34/h3-29H,1-2H3. The van der Waals surface area contributed by atoms with Crippen molar-refractivity contribution in [1.82, 2.24) is 24.1 Å². The SMILES string of the molecule is Cc1ccccc1-c1nc(-c2ccccc2C)nc(-n2c3ccccc3c3cc(-c4ccc5c(c4)c4ccccc4n5-c4ccccc4)ccc32)n1. The summed E-state index contributed by atoms with van der Waals surface area (Å²) in [5.41, 5.74) is 12.2. The molecule has 246 valence electrons. The van der Waals surface area contributed by atoms with E-state index in [1.54, 1.807) is 0 Å². The van der Waals surface area contributed by atoms with Gasteiger partial charge in [0.05, 0.1) is 22.1 Å². The predicted molar refractivity (Wildman–Crippen MR) is 214 cm³/mol. The minimum atomic E-state index is 0.598. The van der Waals surface area contributed by atoms with Gasteiger partial charge < -0.3 is 4.57 Å². The van der Waals surface area contributed by atoms with E-state index in [4.69, 9.17) is 15.0 Å². The number of rotatable bonds is 5. The number of benzene rings is 7. The van der Waals surface area contributed by atoms with Crippen molar-refractivity contribution in [1.29, 1.82) is 0 Å². The summed E-state index contributed by atoms with van der Waals surface area (Å²) in [6.45, 7) is 4.20. The summed E-state index contributed by atoms with van der Waals surface area (Å²) in [6, 6.07) is 58.0. The van der Waals surface area contributed by atoms with E-state index in [1.165, 1.54) is 27.4 Å². The van der Waals surface area contributed by atoms with Crippen LogP contribution in [0.25, 0.3) is 89.2 Å². The van der Waals surface area contributed by atoms with Gasteiger partial charge in [0.1, 0.15) is 0 Å². The van der Waals surface area contributed by atoms with Crippen LogP contribution in [-0.2, 0) is 0 Å². The Labute approximate surface area is 301 Å². The van der Waals surface area contributed by atoms with Crippen molar-refractivity contribution in [3.63, 3.8) is 0 Å². The predicted octanol–water partition coefficient (Wildman–Crippen LogP) is 11.7. The van der Waals surface area contributed by atoms with E-state index in [9.17, 15) is 0 Å². The third-order valence-electron chi connectivity index (χ3n) is 10.3. The van der Waals surface area contributed by atoms with Gasteiger partial charge in [-0.05, 0) is 84.6 Å².